The molecule has 0 radical (unpaired) electrons. The maximum absolute atomic E-state index is 11.9. The van der Waals surface area contributed by atoms with Crippen LogP contribution in [0.3, 0.4) is 0 Å². The minimum Gasteiger partial charge on any atom is -0.343 e. The second kappa shape index (κ2) is 8.16. The molecule has 0 saturated carbocycles. The van der Waals surface area contributed by atoms with Crippen molar-refractivity contribution in [3.63, 3.8) is 0 Å². The van der Waals surface area contributed by atoms with Crippen LogP contribution in [0.15, 0.2) is 0 Å². The lowest BCUT2D eigenvalue weighted by atomic mass is 9.88. The molecular formula is C15H27N3O. The Bertz CT molecular complexity index is 314. The van der Waals surface area contributed by atoms with Crippen LogP contribution in [0.5, 0.6) is 0 Å². The first-order valence-electron chi connectivity index (χ1n) is 7.41. The highest BCUT2D eigenvalue weighted by atomic mass is 16.2. The highest BCUT2D eigenvalue weighted by Gasteiger charge is 2.18. The van der Waals surface area contributed by atoms with E-state index in [2.05, 4.69) is 25.2 Å². The topological polar surface area (TPSA) is 56.1 Å². The van der Waals surface area contributed by atoms with Crippen molar-refractivity contribution in [3.8, 4) is 6.07 Å². The molecule has 0 aromatic heterocycles. The van der Waals surface area contributed by atoms with Crippen molar-refractivity contribution in [2.24, 2.45) is 5.41 Å². The minimum atomic E-state index is 0.129. The van der Waals surface area contributed by atoms with E-state index in [-0.39, 0.29) is 11.3 Å². The number of piperidine rings is 1. The maximum Gasteiger partial charge on any atom is 0.223 e. The van der Waals surface area contributed by atoms with Crippen molar-refractivity contribution < 1.29 is 4.79 Å². The van der Waals surface area contributed by atoms with Gasteiger partial charge in [-0.15, -0.1) is 0 Å². The van der Waals surface area contributed by atoms with Crippen LogP contribution in [0.4, 0.5) is 0 Å². The third-order valence-corrected chi connectivity index (χ3v) is 3.74. The largest absolute Gasteiger partial charge is 0.343 e. The Morgan fingerprint density at radius 1 is 1.32 bits per heavy atom. The summed E-state index contributed by atoms with van der Waals surface area (Å²) in [6.45, 7) is 7.79. The Kier molecular flexibility index (Phi) is 6.86. The molecule has 19 heavy (non-hydrogen) atoms. The zero-order valence-electron chi connectivity index (χ0n) is 12.4. The fourth-order valence-electron chi connectivity index (χ4n) is 2.41. The number of hydrogen-bond acceptors (Lipinski definition) is 3. The predicted octanol–water partition coefficient (Wildman–Crippen LogP) is 2.31. The molecule has 0 unspecified atom stereocenters. The summed E-state index contributed by atoms with van der Waals surface area (Å²) in [7, 11) is 0. The molecule has 1 fully saturated rings. The molecule has 0 aromatic rings. The molecular weight excluding hydrogens is 238 g/mol. The first kappa shape index (κ1) is 16.0. The van der Waals surface area contributed by atoms with E-state index in [9.17, 15) is 4.79 Å². The number of hydrogen-bond donors (Lipinski definition) is 1. The Hall–Kier alpha value is -1.08. The van der Waals surface area contributed by atoms with E-state index >= 15 is 0 Å². The molecule has 0 atom stereocenters. The first-order chi connectivity index (χ1) is 9.05. The van der Waals surface area contributed by atoms with E-state index < -0.39 is 0 Å². The monoisotopic (exact) mass is 265 g/mol. The van der Waals surface area contributed by atoms with E-state index in [1.54, 1.807) is 0 Å². The molecule has 0 aliphatic carbocycles. The maximum atomic E-state index is 11.9. The van der Waals surface area contributed by atoms with Crippen LogP contribution in [0.2, 0.25) is 0 Å². The molecule has 1 aliphatic rings. The number of amides is 1. The molecule has 4 heteroatoms. The van der Waals surface area contributed by atoms with E-state index in [0.717, 1.165) is 45.4 Å². The van der Waals surface area contributed by atoms with Crippen LogP contribution < -0.4 is 5.32 Å². The van der Waals surface area contributed by atoms with Crippen LogP contribution in [0.1, 0.15) is 52.4 Å². The molecule has 1 aliphatic heterocycles. The van der Waals surface area contributed by atoms with Gasteiger partial charge in [-0.3, -0.25) is 4.79 Å². The summed E-state index contributed by atoms with van der Waals surface area (Å²) >= 11 is 0. The van der Waals surface area contributed by atoms with Gasteiger partial charge in [0.1, 0.15) is 0 Å². The van der Waals surface area contributed by atoms with E-state index in [0.29, 0.717) is 12.8 Å². The summed E-state index contributed by atoms with van der Waals surface area (Å²) in [4.78, 5) is 13.9. The normalized spacial score (nSPS) is 16.2. The molecule has 4 nitrogen and oxygen atoms in total. The second-order valence-electron chi connectivity index (χ2n) is 6.19. The third-order valence-electron chi connectivity index (χ3n) is 3.74. The number of likely N-dealkylation sites (tertiary alicyclic amines) is 1. The van der Waals surface area contributed by atoms with Crippen LogP contribution in [-0.2, 0) is 4.79 Å². The first-order valence-corrected chi connectivity index (χ1v) is 7.41. The van der Waals surface area contributed by atoms with Gasteiger partial charge in [-0.2, -0.15) is 5.26 Å². The number of carbonyl (C=O) groups excluding carboxylic acids is 1. The van der Waals surface area contributed by atoms with Crippen molar-refractivity contribution in [2.75, 3.05) is 26.2 Å². The van der Waals surface area contributed by atoms with Crippen molar-refractivity contribution in [1.29, 1.82) is 5.26 Å². The van der Waals surface area contributed by atoms with E-state index in [4.69, 9.17) is 5.26 Å². The highest BCUT2D eigenvalue weighted by Crippen LogP contribution is 2.20. The third kappa shape index (κ3) is 6.58. The molecule has 1 rings (SSSR count). The second-order valence-corrected chi connectivity index (χ2v) is 6.19. The zero-order valence-corrected chi connectivity index (χ0v) is 12.4. The average molecular weight is 265 g/mol. The van der Waals surface area contributed by atoms with Gasteiger partial charge >= 0.3 is 0 Å². The van der Waals surface area contributed by atoms with Gasteiger partial charge in [-0.05, 0) is 31.1 Å². The minimum absolute atomic E-state index is 0.129. The van der Waals surface area contributed by atoms with E-state index in [1.165, 1.54) is 6.42 Å². The standard InChI is InChI=1S/C15H27N3O/c1-15(2,8-6-9-16)13-17-10-7-14(19)18-11-4-3-5-12-18/h17H,3-8,10-13H2,1-2H3. The molecule has 108 valence electrons. The zero-order chi connectivity index (χ0) is 14.1. The smallest absolute Gasteiger partial charge is 0.223 e. The van der Waals surface area contributed by atoms with Crippen molar-refractivity contribution in [3.05, 3.63) is 0 Å². The summed E-state index contributed by atoms with van der Waals surface area (Å²) in [5, 5.41) is 11.9. The number of rotatable bonds is 7. The van der Waals surface area contributed by atoms with Gasteiger partial charge in [0.05, 0.1) is 6.07 Å². The predicted molar refractivity (Wildman–Crippen MR) is 76.5 cm³/mol. The molecule has 1 saturated heterocycles. The number of nitriles is 1. The number of nitrogens with one attached hydrogen (secondary N) is 1. The van der Waals surface area contributed by atoms with Gasteiger partial charge < -0.3 is 10.2 Å². The Morgan fingerprint density at radius 3 is 2.63 bits per heavy atom. The summed E-state index contributed by atoms with van der Waals surface area (Å²) in [5.41, 5.74) is 0.129. The van der Waals surface area contributed by atoms with Gasteiger partial charge in [0.15, 0.2) is 0 Å². The molecule has 1 amide bonds. The van der Waals surface area contributed by atoms with E-state index in [1.807, 2.05) is 4.90 Å². The van der Waals surface area contributed by atoms with Crippen LogP contribution in [-0.4, -0.2) is 37.0 Å². The molecule has 0 aromatic carbocycles. The fraction of sp³-hybridized carbons (Fsp3) is 0.867. The molecule has 1 heterocycles. The quantitative estimate of drug-likeness (QED) is 0.719. The summed E-state index contributed by atoms with van der Waals surface area (Å²) in [6, 6.07) is 2.19. The summed E-state index contributed by atoms with van der Waals surface area (Å²) < 4.78 is 0. The Balaban J connectivity index is 2.12. The van der Waals surface area contributed by atoms with Gasteiger partial charge in [-0.25, -0.2) is 0 Å². The lowest BCUT2D eigenvalue weighted by molar-refractivity contribution is -0.132. The summed E-state index contributed by atoms with van der Waals surface area (Å²) in [5.74, 6) is 0.280. The average Bonchev–Trinajstić information content (AvgIpc) is 2.42. The Labute approximate surface area is 117 Å². The molecule has 1 N–H and O–H groups in total. The summed E-state index contributed by atoms with van der Waals surface area (Å²) in [6.07, 6.45) is 5.65. The van der Waals surface area contributed by atoms with Crippen molar-refractivity contribution in [2.45, 2.75) is 52.4 Å². The van der Waals surface area contributed by atoms with Crippen LogP contribution in [0, 0.1) is 16.7 Å². The van der Waals surface area contributed by atoms with Crippen LogP contribution in [0.25, 0.3) is 0 Å². The molecule has 0 spiro atoms. The van der Waals surface area contributed by atoms with Gasteiger partial charge in [0.25, 0.3) is 0 Å². The Morgan fingerprint density at radius 2 is 2.00 bits per heavy atom. The SMILES string of the molecule is CC(C)(CCC#N)CNCCC(=O)N1CCCCC1. The number of carbonyl (C=O) groups is 1. The molecule has 0 bridgehead atoms. The van der Waals surface area contributed by atoms with Gasteiger partial charge in [0, 0.05) is 39.0 Å². The van der Waals surface area contributed by atoms with Crippen molar-refractivity contribution in [1.82, 2.24) is 10.2 Å². The lowest BCUT2D eigenvalue weighted by Crippen LogP contribution is -2.38. The van der Waals surface area contributed by atoms with Crippen LogP contribution >= 0.6 is 0 Å². The fourth-order valence-corrected chi connectivity index (χ4v) is 2.41. The van der Waals surface area contributed by atoms with Gasteiger partial charge in [-0.1, -0.05) is 13.8 Å². The lowest BCUT2D eigenvalue weighted by Gasteiger charge is -2.27. The number of nitrogens with zero attached hydrogens (tertiary/aromatic N) is 2. The van der Waals surface area contributed by atoms with Gasteiger partial charge in [0.2, 0.25) is 5.91 Å². The van der Waals surface area contributed by atoms with Crippen molar-refractivity contribution >= 4 is 5.91 Å². The highest BCUT2D eigenvalue weighted by molar-refractivity contribution is 5.76.